The Morgan fingerprint density at radius 1 is 1.59 bits per heavy atom. The van der Waals surface area contributed by atoms with Gasteiger partial charge in [-0.2, -0.15) is 5.26 Å². The minimum absolute atomic E-state index is 0.0860. The number of carbonyl (C=O) groups excluding carboxylic acids is 1. The van der Waals surface area contributed by atoms with Crippen LogP contribution in [0.15, 0.2) is 18.2 Å². The van der Waals surface area contributed by atoms with Crippen molar-refractivity contribution in [3.8, 4) is 6.07 Å². The Labute approximate surface area is 134 Å². The SMILES string of the molecule is CC(C)N1CC[C@H](NC(=O)CC#N)[C@H]1c1ccc(Cl)c(F)c1. The van der Waals surface area contributed by atoms with E-state index in [4.69, 9.17) is 16.9 Å². The maximum atomic E-state index is 13.8. The quantitative estimate of drug-likeness (QED) is 0.926. The van der Waals surface area contributed by atoms with E-state index in [1.807, 2.05) is 6.07 Å². The van der Waals surface area contributed by atoms with Crippen LogP contribution in [0.2, 0.25) is 5.02 Å². The smallest absolute Gasteiger partial charge is 0.234 e. The van der Waals surface area contributed by atoms with E-state index in [1.165, 1.54) is 12.1 Å². The summed E-state index contributed by atoms with van der Waals surface area (Å²) in [4.78, 5) is 13.9. The molecular weight excluding hydrogens is 305 g/mol. The number of hydrogen-bond donors (Lipinski definition) is 1. The summed E-state index contributed by atoms with van der Waals surface area (Å²) in [5.41, 5.74) is 0.787. The van der Waals surface area contributed by atoms with Crippen molar-refractivity contribution >= 4 is 17.5 Å². The third-order valence-corrected chi connectivity index (χ3v) is 4.28. The lowest BCUT2D eigenvalue weighted by Gasteiger charge is -2.32. The van der Waals surface area contributed by atoms with E-state index in [0.717, 1.165) is 18.5 Å². The van der Waals surface area contributed by atoms with Crippen LogP contribution >= 0.6 is 11.6 Å². The van der Waals surface area contributed by atoms with Crippen LogP contribution in [0.25, 0.3) is 0 Å². The van der Waals surface area contributed by atoms with Crippen LogP contribution in [0.5, 0.6) is 0 Å². The molecule has 1 saturated heterocycles. The van der Waals surface area contributed by atoms with Crippen molar-refractivity contribution in [1.29, 1.82) is 5.26 Å². The molecule has 0 bridgehead atoms. The predicted molar refractivity (Wildman–Crippen MR) is 82.8 cm³/mol. The number of amides is 1. The molecule has 0 spiro atoms. The summed E-state index contributed by atoms with van der Waals surface area (Å²) in [6.45, 7) is 4.95. The number of benzene rings is 1. The number of nitrogens with zero attached hydrogens (tertiary/aromatic N) is 2. The molecule has 0 radical (unpaired) electrons. The molecule has 1 aromatic carbocycles. The summed E-state index contributed by atoms with van der Waals surface area (Å²) in [5.74, 6) is -0.755. The summed E-state index contributed by atoms with van der Waals surface area (Å²) < 4.78 is 13.8. The van der Waals surface area contributed by atoms with Crippen molar-refractivity contribution in [2.24, 2.45) is 0 Å². The molecule has 1 heterocycles. The summed E-state index contributed by atoms with van der Waals surface area (Å²) >= 11 is 5.75. The van der Waals surface area contributed by atoms with E-state index >= 15 is 0 Å². The Kier molecular flexibility index (Phi) is 5.38. The minimum atomic E-state index is -0.461. The Balaban J connectivity index is 2.28. The number of nitrogens with one attached hydrogen (secondary N) is 1. The molecule has 1 amide bonds. The third kappa shape index (κ3) is 3.57. The normalized spacial score (nSPS) is 21.8. The fraction of sp³-hybridized carbons (Fsp3) is 0.500. The van der Waals surface area contributed by atoms with Crippen LogP contribution in [-0.4, -0.2) is 29.4 Å². The molecule has 1 aromatic rings. The average Bonchev–Trinajstić information content (AvgIpc) is 2.86. The van der Waals surface area contributed by atoms with Crippen LogP contribution < -0.4 is 5.32 Å². The number of nitriles is 1. The van der Waals surface area contributed by atoms with Crippen LogP contribution in [0.4, 0.5) is 4.39 Å². The van der Waals surface area contributed by atoms with Gasteiger partial charge in [0.05, 0.1) is 17.1 Å². The van der Waals surface area contributed by atoms with Crippen molar-refractivity contribution in [3.63, 3.8) is 0 Å². The van der Waals surface area contributed by atoms with E-state index in [9.17, 15) is 9.18 Å². The number of halogens is 2. The maximum absolute atomic E-state index is 13.8. The summed E-state index contributed by atoms with van der Waals surface area (Å²) in [5, 5.41) is 11.6. The van der Waals surface area contributed by atoms with Crippen molar-refractivity contribution in [2.75, 3.05) is 6.54 Å². The van der Waals surface area contributed by atoms with Crippen molar-refractivity contribution in [3.05, 3.63) is 34.6 Å². The van der Waals surface area contributed by atoms with E-state index in [1.54, 1.807) is 6.07 Å². The number of likely N-dealkylation sites (tertiary alicyclic amines) is 1. The highest BCUT2D eigenvalue weighted by Crippen LogP contribution is 2.35. The molecule has 2 rings (SSSR count). The van der Waals surface area contributed by atoms with Crippen LogP contribution in [0.1, 0.15) is 38.3 Å². The summed E-state index contributed by atoms with van der Waals surface area (Å²) in [6, 6.07) is 6.62. The Hall–Kier alpha value is -1.64. The first-order valence-corrected chi connectivity index (χ1v) is 7.69. The zero-order chi connectivity index (χ0) is 16.3. The zero-order valence-electron chi connectivity index (χ0n) is 12.6. The van der Waals surface area contributed by atoms with E-state index in [2.05, 4.69) is 24.1 Å². The molecular formula is C16H19ClFN3O. The Morgan fingerprint density at radius 3 is 2.91 bits per heavy atom. The van der Waals surface area contributed by atoms with Gasteiger partial charge in [-0.25, -0.2) is 4.39 Å². The second kappa shape index (κ2) is 7.08. The number of rotatable bonds is 4. The molecule has 1 aliphatic heterocycles. The molecule has 2 atom stereocenters. The Bertz CT molecular complexity index is 600. The lowest BCUT2D eigenvalue weighted by Crippen LogP contribution is -2.41. The monoisotopic (exact) mass is 323 g/mol. The van der Waals surface area contributed by atoms with Crippen LogP contribution in [0.3, 0.4) is 0 Å². The van der Waals surface area contributed by atoms with Gasteiger partial charge in [-0.15, -0.1) is 0 Å². The van der Waals surface area contributed by atoms with Crippen molar-refractivity contribution in [1.82, 2.24) is 10.2 Å². The maximum Gasteiger partial charge on any atom is 0.234 e. The second-order valence-electron chi connectivity index (χ2n) is 5.75. The van der Waals surface area contributed by atoms with E-state index in [0.29, 0.717) is 0 Å². The molecule has 1 N–H and O–H groups in total. The lowest BCUT2D eigenvalue weighted by atomic mass is 9.99. The molecule has 0 saturated carbocycles. The minimum Gasteiger partial charge on any atom is -0.351 e. The summed E-state index contributed by atoms with van der Waals surface area (Å²) in [7, 11) is 0. The second-order valence-corrected chi connectivity index (χ2v) is 6.15. The van der Waals surface area contributed by atoms with Crippen molar-refractivity contribution in [2.45, 2.75) is 44.8 Å². The molecule has 118 valence electrons. The molecule has 0 aliphatic carbocycles. The van der Waals surface area contributed by atoms with E-state index < -0.39 is 5.82 Å². The molecule has 4 nitrogen and oxygen atoms in total. The first kappa shape index (κ1) is 16.7. The highest BCUT2D eigenvalue weighted by atomic mass is 35.5. The number of carbonyl (C=O) groups is 1. The number of hydrogen-bond acceptors (Lipinski definition) is 3. The molecule has 6 heteroatoms. The van der Waals surface area contributed by atoms with Gasteiger partial charge in [-0.05, 0) is 38.0 Å². The molecule has 0 aromatic heterocycles. The largest absolute Gasteiger partial charge is 0.351 e. The Morgan fingerprint density at radius 2 is 2.32 bits per heavy atom. The van der Waals surface area contributed by atoms with Crippen LogP contribution in [-0.2, 0) is 4.79 Å². The molecule has 22 heavy (non-hydrogen) atoms. The fourth-order valence-corrected chi connectivity index (χ4v) is 3.11. The van der Waals surface area contributed by atoms with Gasteiger partial charge in [-0.3, -0.25) is 9.69 Å². The van der Waals surface area contributed by atoms with Gasteiger partial charge in [-0.1, -0.05) is 17.7 Å². The van der Waals surface area contributed by atoms with Gasteiger partial charge in [0.1, 0.15) is 12.2 Å². The fourth-order valence-electron chi connectivity index (χ4n) is 3.00. The average molecular weight is 324 g/mol. The van der Waals surface area contributed by atoms with E-state index in [-0.39, 0.29) is 35.5 Å². The van der Waals surface area contributed by atoms with Gasteiger partial charge < -0.3 is 5.32 Å². The highest BCUT2D eigenvalue weighted by Gasteiger charge is 2.37. The standard InChI is InChI=1S/C16H19ClFN3O/c1-10(2)21-8-6-14(20-15(22)5-7-19)16(21)11-3-4-12(17)13(18)9-11/h3-4,9-10,14,16H,5-6,8H2,1-2H3,(H,20,22)/t14-,16+/m0/s1. The van der Waals surface area contributed by atoms with Gasteiger partial charge >= 0.3 is 0 Å². The summed E-state index contributed by atoms with van der Waals surface area (Å²) in [6.07, 6.45) is 0.601. The molecule has 1 aliphatic rings. The van der Waals surface area contributed by atoms with Crippen molar-refractivity contribution < 1.29 is 9.18 Å². The zero-order valence-corrected chi connectivity index (χ0v) is 13.4. The lowest BCUT2D eigenvalue weighted by molar-refractivity contribution is -0.121. The third-order valence-electron chi connectivity index (χ3n) is 3.97. The van der Waals surface area contributed by atoms with Gasteiger partial charge in [0.2, 0.25) is 5.91 Å². The van der Waals surface area contributed by atoms with Gasteiger partial charge in [0, 0.05) is 18.6 Å². The topological polar surface area (TPSA) is 56.1 Å². The first-order chi connectivity index (χ1) is 10.4. The first-order valence-electron chi connectivity index (χ1n) is 7.31. The van der Waals surface area contributed by atoms with Crippen LogP contribution in [0, 0.1) is 17.1 Å². The predicted octanol–water partition coefficient (Wildman–Crippen LogP) is 3.03. The highest BCUT2D eigenvalue weighted by molar-refractivity contribution is 6.30. The molecule has 1 fully saturated rings. The van der Waals surface area contributed by atoms with Gasteiger partial charge in [0.25, 0.3) is 0 Å². The molecule has 0 unspecified atom stereocenters. The van der Waals surface area contributed by atoms with Gasteiger partial charge in [0.15, 0.2) is 0 Å².